The van der Waals surface area contributed by atoms with E-state index in [0.29, 0.717) is 6.61 Å². The fourth-order valence-corrected chi connectivity index (χ4v) is 3.01. The zero-order chi connectivity index (χ0) is 15.1. The van der Waals surface area contributed by atoms with Gasteiger partial charge < -0.3 is 10.1 Å². The molecule has 0 aromatic carbocycles. The lowest BCUT2D eigenvalue weighted by Crippen LogP contribution is -2.23. The number of nitrogens with zero attached hydrogens (tertiary/aromatic N) is 3. The molecule has 2 aromatic rings. The van der Waals surface area contributed by atoms with Gasteiger partial charge in [0.1, 0.15) is 5.75 Å². The SMILES string of the molecule is CCCNC(c1cncc(OCC)c1)c1snnc1CC. The van der Waals surface area contributed by atoms with Gasteiger partial charge in [0.15, 0.2) is 0 Å². The molecule has 0 spiro atoms. The largest absolute Gasteiger partial charge is 0.492 e. The standard InChI is InChI=1S/C15H22N4OS/c1-4-7-17-14(15-13(5-2)18-19-21-15)11-8-12(20-6-3)10-16-9-11/h8-10,14,17H,4-7H2,1-3H3. The van der Waals surface area contributed by atoms with Crippen molar-refractivity contribution >= 4 is 11.5 Å². The van der Waals surface area contributed by atoms with Gasteiger partial charge in [0.25, 0.3) is 0 Å². The second-order valence-corrected chi connectivity index (χ2v) is 5.50. The molecule has 0 fully saturated rings. The Balaban J connectivity index is 2.33. The van der Waals surface area contributed by atoms with Crippen LogP contribution in [0.5, 0.6) is 5.75 Å². The number of pyridine rings is 1. The van der Waals surface area contributed by atoms with Crippen LogP contribution in [0.2, 0.25) is 0 Å². The monoisotopic (exact) mass is 306 g/mol. The number of hydrogen-bond acceptors (Lipinski definition) is 6. The van der Waals surface area contributed by atoms with Crippen molar-refractivity contribution in [1.82, 2.24) is 19.9 Å². The van der Waals surface area contributed by atoms with Gasteiger partial charge in [-0.2, -0.15) is 0 Å². The lowest BCUT2D eigenvalue weighted by Gasteiger charge is -2.18. The van der Waals surface area contributed by atoms with Crippen molar-refractivity contribution in [3.05, 3.63) is 34.6 Å². The van der Waals surface area contributed by atoms with E-state index in [2.05, 4.69) is 33.7 Å². The van der Waals surface area contributed by atoms with E-state index in [-0.39, 0.29) is 6.04 Å². The number of hydrogen-bond donors (Lipinski definition) is 1. The summed E-state index contributed by atoms with van der Waals surface area (Å²) in [4.78, 5) is 5.46. The van der Waals surface area contributed by atoms with E-state index in [1.807, 2.05) is 19.2 Å². The van der Waals surface area contributed by atoms with Gasteiger partial charge in [-0.1, -0.05) is 18.3 Å². The molecule has 21 heavy (non-hydrogen) atoms. The Morgan fingerprint density at radius 2 is 2.14 bits per heavy atom. The summed E-state index contributed by atoms with van der Waals surface area (Å²) in [5.41, 5.74) is 2.14. The van der Waals surface area contributed by atoms with Gasteiger partial charge in [-0.3, -0.25) is 4.98 Å². The molecule has 1 atom stereocenters. The number of nitrogens with one attached hydrogen (secondary N) is 1. The molecule has 0 aliphatic carbocycles. The van der Waals surface area contributed by atoms with Gasteiger partial charge in [-0.25, -0.2) is 0 Å². The van der Waals surface area contributed by atoms with Crippen LogP contribution in [0.3, 0.4) is 0 Å². The fraction of sp³-hybridized carbons (Fsp3) is 0.533. The molecule has 114 valence electrons. The quantitative estimate of drug-likeness (QED) is 0.812. The predicted octanol–water partition coefficient (Wildman–Crippen LogP) is 2.98. The van der Waals surface area contributed by atoms with Crippen molar-refractivity contribution in [2.75, 3.05) is 13.2 Å². The van der Waals surface area contributed by atoms with E-state index in [9.17, 15) is 0 Å². The lowest BCUT2D eigenvalue weighted by atomic mass is 10.0. The van der Waals surface area contributed by atoms with Crippen molar-refractivity contribution < 1.29 is 4.74 Å². The van der Waals surface area contributed by atoms with Crippen LogP contribution in [0, 0.1) is 0 Å². The van der Waals surface area contributed by atoms with Crippen molar-refractivity contribution in [3.63, 3.8) is 0 Å². The van der Waals surface area contributed by atoms with Crippen LogP contribution < -0.4 is 10.1 Å². The average molecular weight is 306 g/mol. The Hall–Kier alpha value is -1.53. The van der Waals surface area contributed by atoms with Crippen LogP contribution in [0.4, 0.5) is 0 Å². The first-order chi connectivity index (χ1) is 10.3. The maximum Gasteiger partial charge on any atom is 0.137 e. The number of aryl methyl sites for hydroxylation is 1. The highest BCUT2D eigenvalue weighted by Crippen LogP contribution is 2.28. The molecular weight excluding hydrogens is 284 g/mol. The highest BCUT2D eigenvalue weighted by atomic mass is 32.1. The topological polar surface area (TPSA) is 59.9 Å². The van der Waals surface area contributed by atoms with Gasteiger partial charge in [0.2, 0.25) is 0 Å². The smallest absolute Gasteiger partial charge is 0.137 e. The Kier molecular flexibility index (Phi) is 6.07. The minimum absolute atomic E-state index is 0.0767. The van der Waals surface area contributed by atoms with Crippen LogP contribution in [-0.2, 0) is 6.42 Å². The van der Waals surface area contributed by atoms with Crippen LogP contribution in [0.1, 0.15) is 49.4 Å². The molecule has 0 saturated carbocycles. The van der Waals surface area contributed by atoms with E-state index in [4.69, 9.17) is 4.74 Å². The molecule has 0 aliphatic rings. The molecule has 0 aliphatic heterocycles. The van der Waals surface area contributed by atoms with Gasteiger partial charge in [-0.05, 0) is 49.5 Å². The van der Waals surface area contributed by atoms with Crippen molar-refractivity contribution in [2.45, 2.75) is 39.7 Å². The molecule has 0 radical (unpaired) electrons. The summed E-state index contributed by atoms with van der Waals surface area (Å²) in [6.07, 6.45) is 5.59. The molecule has 2 heterocycles. The van der Waals surface area contributed by atoms with Gasteiger partial charge in [0.05, 0.1) is 29.4 Å². The zero-order valence-electron chi connectivity index (χ0n) is 12.8. The molecule has 2 aromatic heterocycles. The van der Waals surface area contributed by atoms with E-state index in [1.165, 1.54) is 16.4 Å². The van der Waals surface area contributed by atoms with Crippen LogP contribution >= 0.6 is 11.5 Å². The second kappa shape index (κ2) is 8.05. The first-order valence-corrected chi connectivity index (χ1v) is 8.19. The second-order valence-electron chi connectivity index (χ2n) is 4.71. The lowest BCUT2D eigenvalue weighted by molar-refractivity contribution is 0.338. The highest BCUT2D eigenvalue weighted by molar-refractivity contribution is 7.05. The first kappa shape index (κ1) is 15.9. The van der Waals surface area contributed by atoms with Gasteiger partial charge >= 0.3 is 0 Å². The molecule has 0 bridgehead atoms. The predicted molar refractivity (Wildman–Crippen MR) is 84.8 cm³/mol. The summed E-state index contributed by atoms with van der Waals surface area (Å²) in [5, 5.41) is 7.79. The third-order valence-electron chi connectivity index (χ3n) is 3.16. The average Bonchev–Trinajstić information content (AvgIpc) is 2.97. The Morgan fingerprint density at radius 1 is 1.29 bits per heavy atom. The summed E-state index contributed by atoms with van der Waals surface area (Å²) < 4.78 is 9.66. The summed E-state index contributed by atoms with van der Waals surface area (Å²) in [5.74, 6) is 0.800. The minimum atomic E-state index is 0.0767. The number of rotatable bonds is 8. The van der Waals surface area contributed by atoms with E-state index < -0.39 is 0 Å². The number of aromatic nitrogens is 3. The molecule has 0 saturated heterocycles. The van der Waals surface area contributed by atoms with Gasteiger partial charge in [0, 0.05) is 6.20 Å². The zero-order valence-corrected chi connectivity index (χ0v) is 13.6. The molecule has 2 rings (SSSR count). The summed E-state index contributed by atoms with van der Waals surface area (Å²) in [6.45, 7) is 7.81. The third kappa shape index (κ3) is 3.98. The molecule has 5 nitrogen and oxygen atoms in total. The van der Waals surface area contributed by atoms with Crippen molar-refractivity contribution in [2.24, 2.45) is 0 Å². The maximum absolute atomic E-state index is 5.56. The maximum atomic E-state index is 5.56. The van der Waals surface area contributed by atoms with Crippen molar-refractivity contribution in [1.29, 1.82) is 0 Å². The summed E-state index contributed by atoms with van der Waals surface area (Å²) >= 11 is 1.45. The van der Waals surface area contributed by atoms with E-state index in [1.54, 1.807) is 6.20 Å². The van der Waals surface area contributed by atoms with Crippen molar-refractivity contribution in [3.8, 4) is 5.75 Å². The van der Waals surface area contributed by atoms with Gasteiger partial charge in [-0.15, -0.1) is 5.10 Å². The molecule has 0 amide bonds. The fourth-order valence-electron chi connectivity index (χ4n) is 2.17. The van der Waals surface area contributed by atoms with Crippen LogP contribution in [0.15, 0.2) is 18.5 Å². The Labute approximate surface area is 129 Å². The summed E-state index contributed by atoms with van der Waals surface area (Å²) in [6, 6.07) is 2.12. The Bertz CT molecular complexity index is 558. The number of ether oxygens (including phenoxy) is 1. The van der Waals surface area contributed by atoms with E-state index >= 15 is 0 Å². The van der Waals surface area contributed by atoms with Crippen LogP contribution in [-0.4, -0.2) is 27.7 Å². The summed E-state index contributed by atoms with van der Waals surface area (Å²) in [7, 11) is 0. The Morgan fingerprint density at radius 3 is 2.86 bits per heavy atom. The third-order valence-corrected chi connectivity index (χ3v) is 3.99. The molecular formula is C15H22N4OS. The molecule has 6 heteroatoms. The van der Waals surface area contributed by atoms with E-state index in [0.717, 1.165) is 36.4 Å². The molecule has 1 unspecified atom stereocenters. The molecule has 1 N–H and O–H groups in total. The minimum Gasteiger partial charge on any atom is -0.492 e. The highest BCUT2D eigenvalue weighted by Gasteiger charge is 2.20. The first-order valence-electron chi connectivity index (χ1n) is 7.42. The van der Waals surface area contributed by atoms with Crippen LogP contribution in [0.25, 0.3) is 0 Å². The normalized spacial score (nSPS) is 12.3.